The Balaban J connectivity index is 1.79. The number of benzene rings is 2. The fourth-order valence-corrected chi connectivity index (χ4v) is 3.29. The maximum atomic E-state index is 12.8. The van der Waals surface area contributed by atoms with Crippen LogP contribution in [0.4, 0.5) is 19.0 Å². The number of hydrogen-bond acceptors (Lipinski definition) is 3. The minimum Gasteiger partial charge on any atom is -0.310 e. The molecule has 0 fully saturated rings. The summed E-state index contributed by atoms with van der Waals surface area (Å²) in [4.78, 5) is 32.0. The lowest BCUT2D eigenvalue weighted by Crippen LogP contribution is -2.31. The number of rotatable bonds is 2. The van der Waals surface area contributed by atoms with Gasteiger partial charge in [-0.15, -0.1) is 0 Å². The monoisotopic (exact) mass is 385 g/mol. The number of carbonyl (C=O) groups excluding carboxylic acids is 1. The van der Waals surface area contributed by atoms with E-state index in [9.17, 15) is 22.8 Å². The number of anilines is 1. The third-order valence-corrected chi connectivity index (χ3v) is 4.64. The average molecular weight is 385 g/mol. The van der Waals surface area contributed by atoms with Crippen LogP contribution in [-0.2, 0) is 11.0 Å². The summed E-state index contributed by atoms with van der Waals surface area (Å²) < 4.78 is 38.4. The number of H-pyrrole nitrogens is 1. The average Bonchev–Trinajstić information content (AvgIpc) is 2.67. The Kier molecular flexibility index (Phi) is 4.26. The van der Waals surface area contributed by atoms with E-state index in [0.29, 0.717) is 17.0 Å². The van der Waals surface area contributed by atoms with Crippen LogP contribution < -0.4 is 10.9 Å². The number of alkyl halides is 3. The van der Waals surface area contributed by atoms with Gasteiger partial charge in [0.25, 0.3) is 5.56 Å². The van der Waals surface area contributed by atoms with Crippen molar-refractivity contribution in [2.24, 2.45) is 0 Å². The topological polar surface area (TPSA) is 74.8 Å². The summed E-state index contributed by atoms with van der Waals surface area (Å²) in [5.41, 5.74) is 0.133. The van der Waals surface area contributed by atoms with Crippen molar-refractivity contribution in [3.8, 4) is 11.4 Å². The Hall–Kier alpha value is -3.42. The van der Waals surface area contributed by atoms with Gasteiger partial charge in [0.2, 0.25) is 5.91 Å². The summed E-state index contributed by atoms with van der Waals surface area (Å²) in [7, 11) is 0. The molecule has 1 atom stereocenters. The van der Waals surface area contributed by atoms with Crippen molar-refractivity contribution < 1.29 is 18.0 Å². The Morgan fingerprint density at radius 1 is 0.964 bits per heavy atom. The Bertz CT molecular complexity index is 1090. The van der Waals surface area contributed by atoms with Crippen molar-refractivity contribution in [2.75, 3.05) is 5.32 Å². The van der Waals surface area contributed by atoms with E-state index in [2.05, 4.69) is 15.3 Å². The first-order valence-electron chi connectivity index (χ1n) is 8.49. The lowest BCUT2D eigenvalue weighted by atomic mass is 9.86. The van der Waals surface area contributed by atoms with E-state index >= 15 is 0 Å². The molecule has 0 bridgehead atoms. The Labute approximate surface area is 157 Å². The van der Waals surface area contributed by atoms with Crippen LogP contribution >= 0.6 is 0 Å². The zero-order chi connectivity index (χ0) is 19.9. The minimum absolute atomic E-state index is 0.0478. The molecule has 0 aliphatic carbocycles. The van der Waals surface area contributed by atoms with E-state index in [1.54, 1.807) is 24.3 Å². The summed E-state index contributed by atoms with van der Waals surface area (Å²) in [5, 5.41) is 2.60. The number of nitrogens with one attached hydrogen (secondary N) is 2. The lowest BCUT2D eigenvalue weighted by molar-refractivity contribution is -0.137. The molecule has 3 aromatic rings. The molecule has 0 radical (unpaired) electrons. The molecule has 8 heteroatoms. The van der Waals surface area contributed by atoms with Gasteiger partial charge in [-0.1, -0.05) is 42.5 Å². The van der Waals surface area contributed by atoms with Crippen molar-refractivity contribution in [2.45, 2.75) is 18.5 Å². The van der Waals surface area contributed by atoms with E-state index in [1.165, 1.54) is 12.1 Å². The Morgan fingerprint density at radius 3 is 2.29 bits per heavy atom. The molecule has 1 aliphatic rings. The highest BCUT2D eigenvalue weighted by molar-refractivity contribution is 5.94. The van der Waals surface area contributed by atoms with Crippen LogP contribution in [0.3, 0.4) is 0 Å². The first-order valence-corrected chi connectivity index (χ1v) is 8.49. The highest BCUT2D eigenvalue weighted by Crippen LogP contribution is 2.36. The number of hydrogen-bond donors (Lipinski definition) is 2. The van der Waals surface area contributed by atoms with Crippen molar-refractivity contribution in [3.63, 3.8) is 0 Å². The van der Waals surface area contributed by atoms with E-state index in [1.807, 2.05) is 6.07 Å². The van der Waals surface area contributed by atoms with E-state index < -0.39 is 23.2 Å². The summed E-state index contributed by atoms with van der Waals surface area (Å²) in [6, 6.07) is 13.4. The smallest absolute Gasteiger partial charge is 0.310 e. The van der Waals surface area contributed by atoms with Crippen LogP contribution in [0.15, 0.2) is 59.4 Å². The fraction of sp³-hybridized carbons (Fsp3) is 0.150. The van der Waals surface area contributed by atoms with Gasteiger partial charge in [0, 0.05) is 17.9 Å². The maximum absolute atomic E-state index is 12.8. The largest absolute Gasteiger partial charge is 0.416 e. The van der Waals surface area contributed by atoms with Gasteiger partial charge in [0.05, 0.1) is 11.1 Å². The van der Waals surface area contributed by atoms with Crippen LogP contribution in [0.1, 0.15) is 29.0 Å². The third-order valence-electron chi connectivity index (χ3n) is 4.64. The molecule has 1 aromatic heterocycles. The summed E-state index contributed by atoms with van der Waals surface area (Å²) in [6.45, 7) is 0. The van der Waals surface area contributed by atoms with Gasteiger partial charge in [0.15, 0.2) is 0 Å². The predicted molar refractivity (Wildman–Crippen MR) is 96.8 cm³/mol. The van der Waals surface area contributed by atoms with Gasteiger partial charge in [-0.25, -0.2) is 4.98 Å². The quantitative estimate of drug-likeness (QED) is 0.702. The number of aromatic amines is 1. The zero-order valence-electron chi connectivity index (χ0n) is 14.4. The van der Waals surface area contributed by atoms with Crippen LogP contribution in [0.25, 0.3) is 11.4 Å². The van der Waals surface area contributed by atoms with Crippen LogP contribution in [0.2, 0.25) is 0 Å². The van der Waals surface area contributed by atoms with E-state index in [0.717, 1.165) is 12.1 Å². The number of carbonyl (C=O) groups is 1. The second-order valence-electron chi connectivity index (χ2n) is 6.47. The zero-order valence-corrected chi connectivity index (χ0v) is 14.4. The molecule has 0 spiro atoms. The third kappa shape index (κ3) is 3.28. The van der Waals surface area contributed by atoms with E-state index in [4.69, 9.17) is 0 Å². The molecule has 2 aromatic carbocycles. The number of aromatic nitrogens is 2. The molecule has 4 rings (SSSR count). The Morgan fingerprint density at radius 2 is 1.64 bits per heavy atom. The standard InChI is InChI=1S/C20H14F3N3O2/c21-20(22,23)13-8-6-11(7-9-13)14-10-15(27)24-18-16(14)19(28)26-17(25-18)12-4-2-1-3-5-12/h1-9,14H,10H2,(H2,24,25,26,27,28)/t14-/m1/s1. The molecule has 142 valence electrons. The summed E-state index contributed by atoms with van der Waals surface area (Å²) in [5.74, 6) is -0.594. The van der Waals surface area contributed by atoms with Crippen molar-refractivity contribution >= 4 is 11.7 Å². The fourth-order valence-electron chi connectivity index (χ4n) is 3.29. The SMILES string of the molecule is O=C1C[C@H](c2ccc(C(F)(F)F)cc2)c2c(nc(-c3ccccc3)[nH]c2=O)N1. The van der Waals surface area contributed by atoms with Crippen molar-refractivity contribution in [3.05, 3.63) is 81.6 Å². The van der Waals surface area contributed by atoms with Gasteiger partial charge in [-0.05, 0) is 17.7 Å². The second-order valence-corrected chi connectivity index (χ2v) is 6.47. The van der Waals surface area contributed by atoms with Crippen LogP contribution in [-0.4, -0.2) is 15.9 Å². The van der Waals surface area contributed by atoms with Gasteiger partial charge >= 0.3 is 6.18 Å². The number of amides is 1. The van der Waals surface area contributed by atoms with Crippen LogP contribution in [0.5, 0.6) is 0 Å². The van der Waals surface area contributed by atoms with Crippen molar-refractivity contribution in [1.29, 1.82) is 0 Å². The molecule has 2 heterocycles. The number of nitrogens with zero attached hydrogens (tertiary/aromatic N) is 1. The molecule has 5 nitrogen and oxygen atoms in total. The minimum atomic E-state index is -4.45. The molecule has 0 saturated carbocycles. The molecule has 0 unspecified atom stereocenters. The molecule has 2 N–H and O–H groups in total. The van der Waals surface area contributed by atoms with Crippen molar-refractivity contribution in [1.82, 2.24) is 9.97 Å². The maximum Gasteiger partial charge on any atom is 0.416 e. The van der Waals surface area contributed by atoms with Gasteiger partial charge < -0.3 is 10.3 Å². The summed E-state index contributed by atoms with van der Waals surface area (Å²) in [6.07, 6.45) is -4.50. The van der Waals surface area contributed by atoms with Gasteiger partial charge in [0.1, 0.15) is 11.6 Å². The number of halogens is 3. The normalized spacial score (nSPS) is 16.4. The van der Waals surface area contributed by atoms with Gasteiger partial charge in [-0.3, -0.25) is 9.59 Å². The molecular formula is C20H14F3N3O2. The molecule has 28 heavy (non-hydrogen) atoms. The lowest BCUT2D eigenvalue weighted by Gasteiger charge is -2.25. The molecule has 0 saturated heterocycles. The molecular weight excluding hydrogens is 371 g/mol. The molecule has 1 amide bonds. The first kappa shape index (κ1) is 18.0. The first-order chi connectivity index (χ1) is 13.3. The highest BCUT2D eigenvalue weighted by atomic mass is 19.4. The second kappa shape index (κ2) is 6.63. The number of fused-ring (bicyclic) bond motifs is 1. The van der Waals surface area contributed by atoms with Gasteiger partial charge in [-0.2, -0.15) is 13.2 Å². The summed E-state index contributed by atoms with van der Waals surface area (Å²) >= 11 is 0. The predicted octanol–water partition coefficient (Wildman–Crippen LogP) is 3.93. The van der Waals surface area contributed by atoms with E-state index in [-0.39, 0.29) is 23.7 Å². The highest BCUT2D eigenvalue weighted by Gasteiger charge is 2.33. The van der Waals surface area contributed by atoms with Crippen LogP contribution in [0, 0.1) is 0 Å². The molecule has 1 aliphatic heterocycles.